The van der Waals surface area contributed by atoms with E-state index < -0.39 is 17.2 Å². The van der Waals surface area contributed by atoms with Crippen LogP contribution in [0.1, 0.15) is 24.0 Å². The van der Waals surface area contributed by atoms with Crippen LogP contribution < -0.4 is 14.8 Å². The maximum absolute atomic E-state index is 13.6. The molecule has 0 radical (unpaired) electrons. The number of hydrogen-bond acceptors (Lipinski definition) is 3. The first-order chi connectivity index (χ1) is 15.2. The minimum atomic E-state index is -4.57. The Labute approximate surface area is 186 Å². The Balaban J connectivity index is 1.48. The smallest absolute Gasteiger partial charge is 0.416 e. The van der Waals surface area contributed by atoms with Gasteiger partial charge in [-0.3, -0.25) is 4.79 Å². The van der Waals surface area contributed by atoms with Gasteiger partial charge in [0.05, 0.1) is 11.0 Å². The topological polar surface area (TPSA) is 47.6 Å². The fraction of sp³-hybridized carbons (Fsp3) is 0.208. The maximum atomic E-state index is 13.6. The lowest BCUT2D eigenvalue weighted by Gasteiger charge is -2.18. The molecule has 1 heterocycles. The van der Waals surface area contributed by atoms with E-state index in [4.69, 9.17) is 21.1 Å². The lowest BCUT2D eigenvalue weighted by molar-refractivity contribution is -0.137. The second-order valence-corrected chi connectivity index (χ2v) is 8.35. The molecule has 0 aromatic heterocycles. The average Bonchev–Trinajstić information content (AvgIpc) is 3.44. The molecule has 0 bridgehead atoms. The first kappa shape index (κ1) is 20.7. The van der Waals surface area contributed by atoms with E-state index in [1.54, 1.807) is 42.5 Å². The first-order valence-electron chi connectivity index (χ1n) is 9.94. The molecule has 8 heteroatoms. The van der Waals surface area contributed by atoms with Gasteiger partial charge in [-0.05, 0) is 72.0 Å². The summed E-state index contributed by atoms with van der Waals surface area (Å²) in [6.45, 7) is 0.120. The summed E-state index contributed by atoms with van der Waals surface area (Å²) in [6.07, 6.45) is -3.38. The summed E-state index contributed by atoms with van der Waals surface area (Å²) in [5, 5.41) is 3.11. The van der Waals surface area contributed by atoms with Crippen molar-refractivity contribution in [2.75, 3.05) is 12.1 Å². The molecule has 164 valence electrons. The number of benzene rings is 3. The van der Waals surface area contributed by atoms with Gasteiger partial charge in [0.2, 0.25) is 12.7 Å². The zero-order valence-electron chi connectivity index (χ0n) is 16.6. The first-order valence-corrected chi connectivity index (χ1v) is 10.3. The predicted molar refractivity (Wildman–Crippen MR) is 114 cm³/mol. The Morgan fingerprint density at radius 2 is 1.72 bits per heavy atom. The third-order valence-corrected chi connectivity index (χ3v) is 6.02. The number of halogens is 4. The molecule has 3 aromatic rings. The molecule has 1 N–H and O–H groups in total. The van der Waals surface area contributed by atoms with Gasteiger partial charge in [-0.2, -0.15) is 13.2 Å². The summed E-state index contributed by atoms with van der Waals surface area (Å²) in [4.78, 5) is 13.2. The van der Waals surface area contributed by atoms with E-state index in [0.717, 1.165) is 17.7 Å². The van der Waals surface area contributed by atoms with Gasteiger partial charge in [0.25, 0.3) is 0 Å². The van der Waals surface area contributed by atoms with Crippen molar-refractivity contribution in [1.82, 2.24) is 0 Å². The quantitative estimate of drug-likeness (QED) is 0.489. The number of alkyl halides is 3. The fourth-order valence-corrected chi connectivity index (χ4v) is 4.11. The number of ether oxygens (including phenoxy) is 2. The van der Waals surface area contributed by atoms with Gasteiger partial charge < -0.3 is 14.8 Å². The average molecular weight is 460 g/mol. The second-order valence-electron chi connectivity index (χ2n) is 7.91. The number of carbonyl (C=O) groups is 1. The molecule has 0 atom stereocenters. The molecular weight excluding hydrogens is 443 g/mol. The standard InChI is InChI=1S/C24H17ClF3NO3/c25-18-3-1-2-14(9-18)15-8-17(24(26,27)28)11-19(10-15)29-22(30)23(6-7-23)16-4-5-20-21(12-16)32-13-31-20/h1-5,8-12H,6-7,13H2,(H,29,30). The van der Waals surface area contributed by atoms with Gasteiger partial charge in [0.15, 0.2) is 11.5 Å². The summed E-state index contributed by atoms with van der Waals surface area (Å²) in [5.41, 5.74) is 0.0127. The monoisotopic (exact) mass is 459 g/mol. The van der Waals surface area contributed by atoms with Crippen molar-refractivity contribution in [3.63, 3.8) is 0 Å². The van der Waals surface area contributed by atoms with Crippen molar-refractivity contribution >= 4 is 23.2 Å². The number of nitrogens with one attached hydrogen (secondary N) is 1. The Morgan fingerprint density at radius 1 is 0.938 bits per heavy atom. The summed E-state index contributed by atoms with van der Waals surface area (Å²) < 4.78 is 51.4. The third-order valence-electron chi connectivity index (χ3n) is 5.79. The van der Waals surface area contributed by atoms with Gasteiger partial charge in [-0.25, -0.2) is 0 Å². The van der Waals surface area contributed by atoms with Gasteiger partial charge in [0.1, 0.15) is 0 Å². The van der Waals surface area contributed by atoms with Crippen LogP contribution in [-0.2, 0) is 16.4 Å². The number of hydrogen-bond donors (Lipinski definition) is 1. The zero-order chi connectivity index (χ0) is 22.5. The summed E-state index contributed by atoms with van der Waals surface area (Å²) >= 11 is 6.01. The third kappa shape index (κ3) is 3.77. The van der Waals surface area contributed by atoms with Crippen LogP contribution in [0, 0.1) is 0 Å². The van der Waals surface area contributed by atoms with Crippen LogP contribution in [0.5, 0.6) is 11.5 Å². The van der Waals surface area contributed by atoms with E-state index in [1.165, 1.54) is 6.07 Å². The van der Waals surface area contributed by atoms with E-state index in [9.17, 15) is 18.0 Å². The Hall–Kier alpha value is -3.19. The molecule has 1 saturated carbocycles. The number of rotatable bonds is 4. The summed E-state index contributed by atoms with van der Waals surface area (Å²) in [7, 11) is 0. The summed E-state index contributed by atoms with van der Waals surface area (Å²) in [6, 6.07) is 15.4. The molecule has 4 nitrogen and oxygen atoms in total. The van der Waals surface area contributed by atoms with Crippen molar-refractivity contribution in [2.45, 2.75) is 24.4 Å². The lowest BCUT2D eigenvalue weighted by Crippen LogP contribution is -2.28. The van der Waals surface area contributed by atoms with E-state index in [2.05, 4.69) is 5.32 Å². The highest BCUT2D eigenvalue weighted by atomic mass is 35.5. The van der Waals surface area contributed by atoms with Crippen molar-refractivity contribution in [1.29, 1.82) is 0 Å². The van der Waals surface area contributed by atoms with Crippen LogP contribution >= 0.6 is 11.6 Å². The normalized spacial score (nSPS) is 16.0. The number of anilines is 1. The molecule has 0 spiro atoms. The van der Waals surface area contributed by atoms with E-state index in [1.807, 2.05) is 0 Å². The van der Waals surface area contributed by atoms with E-state index in [0.29, 0.717) is 40.5 Å². The molecule has 1 fully saturated rings. The number of fused-ring (bicyclic) bond motifs is 1. The SMILES string of the molecule is O=C(Nc1cc(-c2cccc(Cl)c2)cc(C(F)(F)F)c1)C1(c2ccc3c(c2)OCO3)CC1. The lowest BCUT2D eigenvalue weighted by atomic mass is 9.94. The van der Waals surface area contributed by atoms with Crippen LogP contribution in [0.2, 0.25) is 5.02 Å². The van der Waals surface area contributed by atoms with Crippen LogP contribution in [-0.4, -0.2) is 12.7 Å². The minimum Gasteiger partial charge on any atom is -0.454 e. The van der Waals surface area contributed by atoms with Crippen molar-refractivity contribution in [3.8, 4) is 22.6 Å². The highest BCUT2D eigenvalue weighted by molar-refractivity contribution is 6.30. The van der Waals surface area contributed by atoms with Gasteiger partial charge >= 0.3 is 6.18 Å². The molecule has 0 unspecified atom stereocenters. The number of carbonyl (C=O) groups excluding carboxylic acids is 1. The maximum Gasteiger partial charge on any atom is 0.416 e. The van der Waals surface area contributed by atoms with E-state index in [-0.39, 0.29) is 18.4 Å². The van der Waals surface area contributed by atoms with Crippen molar-refractivity contribution in [2.24, 2.45) is 0 Å². The number of amides is 1. The minimum absolute atomic E-state index is 0.0758. The molecule has 1 aliphatic heterocycles. The van der Waals surface area contributed by atoms with Gasteiger partial charge in [-0.15, -0.1) is 0 Å². The van der Waals surface area contributed by atoms with Crippen LogP contribution in [0.3, 0.4) is 0 Å². The zero-order valence-corrected chi connectivity index (χ0v) is 17.4. The Kier molecular flexibility index (Phi) is 4.82. The molecule has 5 rings (SSSR count). The van der Waals surface area contributed by atoms with E-state index >= 15 is 0 Å². The molecule has 0 saturated heterocycles. The molecular formula is C24H17ClF3NO3. The molecule has 32 heavy (non-hydrogen) atoms. The Morgan fingerprint density at radius 3 is 2.44 bits per heavy atom. The summed E-state index contributed by atoms with van der Waals surface area (Å²) in [5.74, 6) is 0.811. The van der Waals surface area contributed by atoms with Crippen LogP contribution in [0.4, 0.5) is 18.9 Å². The van der Waals surface area contributed by atoms with Crippen LogP contribution in [0.25, 0.3) is 11.1 Å². The molecule has 1 amide bonds. The van der Waals surface area contributed by atoms with Gasteiger partial charge in [0, 0.05) is 10.7 Å². The second kappa shape index (κ2) is 7.45. The predicted octanol–water partition coefficient (Wildman–Crippen LogP) is 6.42. The fourth-order valence-electron chi connectivity index (χ4n) is 3.91. The molecule has 3 aromatic carbocycles. The highest BCUT2D eigenvalue weighted by Crippen LogP contribution is 2.51. The van der Waals surface area contributed by atoms with Crippen molar-refractivity contribution < 1.29 is 27.4 Å². The molecule has 2 aliphatic rings. The highest BCUT2D eigenvalue weighted by Gasteiger charge is 2.51. The largest absolute Gasteiger partial charge is 0.454 e. The van der Waals surface area contributed by atoms with Crippen LogP contribution in [0.15, 0.2) is 60.7 Å². The molecule has 1 aliphatic carbocycles. The Bertz CT molecular complexity index is 1220. The van der Waals surface area contributed by atoms with Gasteiger partial charge in [-0.1, -0.05) is 29.8 Å². The van der Waals surface area contributed by atoms with Crippen molar-refractivity contribution in [3.05, 3.63) is 76.8 Å².